The van der Waals surface area contributed by atoms with Gasteiger partial charge in [-0.05, 0) is 18.9 Å². The fourth-order valence-corrected chi connectivity index (χ4v) is 1.55. The zero-order valence-corrected chi connectivity index (χ0v) is 7.87. The number of hydrogen-bond acceptors (Lipinski definition) is 3. The molecular formula is C10H13FN2O. The van der Waals surface area contributed by atoms with E-state index in [9.17, 15) is 4.39 Å². The van der Waals surface area contributed by atoms with Gasteiger partial charge in [0.2, 0.25) is 0 Å². The molecule has 0 bridgehead atoms. The Balaban J connectivity index is 1.99. The maximum Gasteiger partial charge on any atom is 0.164 e. The van der Waals surface area contributed by atoms with E-state index in [0.717, 1.165) is 26.1 Å². The van der Waals surface area contributed by atoms with Crippen LogP contribution in [0.4, 0.5) is 10.1 Å². The monoisotopic (exact) mass is 196 g/mol. The van der Waals surface area contributed by atoms with Gasteiger partial charge in [0.1, 0.15) is 0 Å². The maximum absolute atomic E-state index is 13.2. The third kappa shape index (κ3) is 2.20. The number of halogens is 1. The molecule has 2 rings (SSSR count). The third-order valence-electron chi connectivity index (χ3n) is 2.35. The van der Waals surface area contributed by atoms with Crippen LogP contribution < -0.4 is 5.32 Å². The van der Waals surface area contributed by atoms with Crippen LogP contribution in [0.5, 0.6) is 0 Å². The molecule has 2 heterocycles. The van der Waals surface area contributed by atoms with E-state index in [1.54, 1.807) is 12.3 Å². The molecule has 4 heteroatoms. The van der Waals surface area contributed by atoms with E-state index < -0.39 is 0 Å². The molecule has 0 saturated carbocycles. The summed E-state index contributed by atoms with van der Waals surface area (Å²) >= 11 is 0. The van der Waals surface area contributed by atoms with Crippen molar-refractivity contribution in [1.29, 1.82) is 0 Å². The van der Waals surface area contributed by atoms with Gasteiger partial charge < -0.3 is 10.1 Å². The lowest BCUT2D eigenvalue weighted by Crippen LogP contribution is -2.28. The summed E-state index contributed by atoms with van der Waals surface area (Å²) in [6.07, 6.45) is 4.68. The lowest BCUT2D eigenvalue weighted by molar-refractivity contribution is 0.0904. The van der Waals surface area contributed by atoms with Crippen LogP contribution in [-0.4, -0.2) is 24.2 Å². The number of aromatic nitrogens is 1. The minimum Gasteiger partial charge on any atom is -0.381 e. The van der Waals surface area contributed by atoms with Crippen molar-refractivity contribution in [2.75, 3.05) is 18.5 Å². The number of pyridine rings is 1. The van der Waals surface area contributed by atoms with Crippen LogP contribution in [-0.2, 0) is 4.74 Å². The van der Waals surface area contributed by atoms with Crippen molar-refractivity contribution < 1.29 is 9.13 Å². The number of anilines is 1. The first-order valence-electron chi connectivity index (χ1n) is 4.80. The van der Waals surface area contributed by atoms with E-state index in [4.69, 9.17) is 4.74 Å². The molecule has 0 unspecified atom stereocenters. The summed E-state index contributed by atoms with van der Waals surface area (Å²) in [6, 6.07) is 1.98. The van der Waals surface area contributed by atoms with E-state index in [-0.39, 0.29) is 5.82 Å². The van der Waals surface area contributed by atoms with Gasteiger partial charge in [0.25, 0.3) is 0 Å². The van der Waals surface area contributed by atoms with Crippen LogP contribution in [0.3, 0.4) is 0 Å². The predicted molar refractivity (Wildman–Crippen MR) is 51.7 cm³/mol. The molecule has 1 aliphatic rings. The Bertz CT molecular complexity index is 300. The third-order valence-corrected chi connectivity index (χ3v) is 2.35. The molecule has 1 fully saturated rings. The van der Waals surface area contributed by atoms with E-state index >= 15 is 0 Å². The molecular weight excluding hydrogens is 183 g/mol. The summed E-state index contributed by atoms with van der Waals surface area (Å²) in [7, 11) is 0. The van der Waals surface area contributed by atoms with Crippen molar-refractivity contribution in [3.8, 4) is 0 Å². The minimum atomic E-state index is -0.293. The Morgan fingerprint density at radius 1 is 1.43 bits per heavy atom. The zero-order valence-electron chi connectivity index (χ0n) is 7.87. The van der Waals surface area contributed by atoms with E-state index in [1.165, 1.54) is 6.20 Å². The molecule has 0 radical (unpaired) electrons. The van der Waals surface area contributed by atoms with Crippen molar-refractivity contribution in [2.24, 2.45) is 0 Å². The van der Waals surface area contributed by atoms with Crippen LogP contribution in [0.15, 0.2) is 18.5 Å². The molecule has 3 nitrogen and oxygen atoms in total. The highest BCUT2D eigenvalue weighted by Crippen LogP contribution is 2.16. The molecule has 0 spiro atoms. The fraction of sp³-hybridized carbons (Fsp3) is 0.500. The molecule has 1 saturated heterocycles. The lowest BCUT2D eigenvalue weighted by Gasteiger charge is -2.24. The van der Waals surface area contributed by atoms with Crippen LogP contribution >= 0.6 is 0 Å². The molecule has 1 N–H and O–H groups in total. The number of nitrogens with zero attached hydrogens (tertiary/aromatic N) is 1. The highest BCUT2D eigenvalue weighted by molar-refractivity contribution is 5.43. The number of hydrogen-bond donors (Lipinski definition) is 1. The normalized spacial score (nSPS) is 18.1. The van der Waals surface area contributed by atoms with Gasteiger partial charge in [-0.15, -0.1) is 0 Å². The van der Waals surface area contributed by atoms with Crippen LogP contribution in [0.2, 0.25) is 0 Å². The molecule has 1 aromatic heterocycles. The standard InChI is InChI=1S/C10H13FN2O/c11-9-7-12-4-1-10(9)13-8-2-5-14-6-3-8/h1,4,7-8H,2-3,5-6H2,(H,12,13). The first kappa shape index (κ1) is 9.40. The summed E-state index contributed by atoms with van der Waals surface area (Å²) in [4.78, 5) is 3.70. The summed E-state index contributed by atoms with van der Waals surface area (Å²) in [5, 5.41) is 3.15. The van der Waals surface area contributed by atoms with Gasteiger partial charge in [-0.2, -0.15) is 0 Å². The summed E-state index contributed by atoms with van der Waals surface area (Å²) < 4.78 is 18.4. The number of nitrogens with one attached hydrogen (secondary N) is 1. The minimum absolute atomic E-state index is 0.293. The topological polar surface area (TPSA) is 34.2 Å². The Hall–Kier alpha value is -1.16. The first-order valence-corrected chi connectivity index (χ1v) is 4.80. The Kier molecular flexibility index (Phi) is 2.93. The molecule has 76 valence electrons. The Morgan fingerprint density at radius 2 is 2.21 bits per heavy atom. The van der Waals surface area contributed by atoms with Crippen molar-refractivity contribution >= 4 is 5.69 Å². The van der Waals surface area contributed by atoms with Gasteiger partial charge in [0.15, 0.2) is 5.82 Å². The van der Waals surface area contributed by atoms with Crippen LogP contribution in [0, 0.1) is 5.82 Å². The quantitative estimate of drug-likeness (QED) is 0.783. The molecule has 0 amide bonds. The molecule has 0 atom stereocenters. The average Bonchev–Trinajstić information content (AvgIpc) is 2.23. The van der Waals surface area contributed by atoms with E-state index in [2.05, 4.69) is 10.3 Å². The van der Waals surface area contributed by atoms with Crippen LogP contribution in [0.1, 0.15) is 12.8 Å². The second-order valence-corrected chi connectivity index (χ2v) is 3.39. The van der Waals surface area contributed by atoms with Gasteiger partial charge in [-0.1, -0.05) is 0 Å². The fourth-order valence-electron chi connectivity index (χ4n) is 1.55. The smallest absolute Gasteiger partial charge is 0.164 e. The van der Waals surface area contributed by atoms with Gasteiger partial charge >= 0.3 is 0 Å². The SMILES string of the molecule is Fc1cnccc1NC1CCOCC1. The lowest BCUT2D eigenvalue weighted by atomic mass is 10.1. The van der Waals surface area contributed by atoms with Crippen molar-refractivity contribution in [1.82, 2.24) is 4.98 Å². The first-order chi connectivity index (χ1) is 6.86. The highest BCUT2D eigenvalue weighted by atomic mass is 19.1. The summed E-state index contributed by atoms with van der Waals surface area (Å²) in [5.74, 6) is -0.293. The predicted octanol–water partition coefficient (Wildman–Crippen LogP) is 1.81. The molecule has 0 aromatic carbocycles. The zero-order chi connectivity index (χ0) is 9.80. The average molecular weight is 196 g/mol. The van der Waals surface area contributed by atoms with Crippen molar-refractivity contribution in [3.05, 3.63) is 24.3 Å². The molecule has 14 heavy (non-hydrogen) atoms. The number of ether oxygens (including phenoxy) is 1. The van der Waals surface area contributed by atoms with Gasteiger partial charge in [0, 0.05) is 25.5 Å². The van der Waals surface area contributed by atoms with E-state index in [1.807, 2.05) is 0 Å². The maximum atomic E-state index is 13.2. The largest absolute Gasteiger partial charge is 0.381 e. The van der Waals surface area contributed by atoms with Crippen molar-refractivity contribution in [2.45, 2.75) is 18.9 Å². The second-order valence-electron chi connectivity index (χ2n) is 3.39. The Labute approximate surface area is 82.3 Å². The molecule has 1 aliphatic heterocycles. The number of rotatable bonds is 2. The van der Waals surface area contributed by atoms with Gasteiger partial charge in [0.05, 0.1) is 11.9 Å². The Morgan fingerprint density at radius 3 is 2.93 bits per heavy atom. The highest BCUT2D eigenvalue weighted by Gasteiger charge is 2.14. The molecule has 0 aliphatic carbocycles. The van der Waals surface area contributed by atoms with Gasteiger partial charge in [-0.25, -0.2) is 4.39 Å². The summed E-state index contributed by atoms with van der Waals surface area (Å²) in [5.41, 5.74) is 0.534. The van der Waals surface area contributed by atoms with Crippen molar-refractivity contribution in [3.63, 3.8) is 0 Å². The molecule has 1 aromatic rings. The van der Waals surface area contributed by atoms with Crippen LogP contribution in [0.25, 0.3) is 0 Å². The second kappa shape index (κ2) is 4.37. The summed E-state index contributed by atoms with van der Waals surface area (Å²) in [6.45, 7) is 1.51. The van der Waals surface area contributed by atoms with E-state index in [0.29, 0.717) is 11.7 Å². The van der Waals surface area contributed by atoms with Gasteiger partial charge in [-0.3, -0.25) is 4.98 Å².